The summed E-state index contributed by atoms with van der Waals surface area (Å²) < 4.78 is 6.31. The molecule has 0 fully saturated rings. The molecule has 2 aliphatic carbocycles. The van der Waals surface area contributed by atoms with E-state index in [-0.39, 0.29) is 10.8 Å². The van der Waals surface area contributed by atoms with Crippen molar-refractivity contribution in [2.75, 3.05) is 0 Å². The summed E-state index contributed by atoms with van der Waals surface area (Å²) in [5.41, 5.74) is 17.7. The van der Waals surface area contributed by atoms with Gasteiger partial charge >= 0.3 is 0 Å². The van der Waals surface area contributed by atoms with Crippen molar-refractivity contribution < 1.29 is 4.42 Å². The summed E-state index contributed by atoms with van der Waals surface area (Å²) >= 11 is 0. The average Bonchev–Trinajstić information content (AvgIpc) is 3.79. The van der Waals surface area contributed by atoms with Crippen LogP contribution in [0.2, 0.25) is 0 Å². The van der Waals surface area contributed by atoms with Crippen LogP contribution in [0.5, 0.6) is 0 Å². The van der Waals surface area contributed by atoms with Crippen LogP contribution in [-0.2, 0) is 10.8 Å². The second-order valence-electron chi connectivity index (χ2n) is 16.8. The molecule has 260 valence electrons. The Bertz CT molecular complexity index is 3260. The Morgan fingerprint density at radius 3 is 1.62 bits per heavy atom. The van der Waals surface area contributed by atoms with E-state index in [1.807, 2.05) is 0 Å². The molecule has 0 amide bonds. The monoisotopic (exact) mass is 702 g/mol. The summed E-state index contributed by atoms with van der Waals surface area (Å²) in [6.45, 7) is 9.53. The van der Waals surface area contributed by atoms with Gasteiger partial charge in [0.2, 0.25) is 0 Å². The van der Waals surface area contributed by atoms with Crippen LogP contribution in [0.15, 0.2) is 162 Å². The molecule has 0 spiro atoms. The van der Waals surface area contributed by atoms with Gasteiger partial charge in [0.1, 0.15) is 11.2 Å². The fourth-order valence-corrected chi connectivity index (χ4v) is 10.7. The van der Waals surface area contributed by atoms with E-state index in [4.69, 9.17) is 4.42 Å². The zero-order chi connectivity index (χ0) is 36.8. The highest BCUT2D eigenvalue weighted by molar-refractivity contribution is 6.23. The van der Waals surface area contributed by atoms with Gasteiger partial charge in [0.15, 0.2) is 0 Å². The first-order valence-corrected chi connectivity index (χ1v) is 19.5. The van der Waals surface area contributed by atoms with E-state index in [0.717, 1.165) is 11.2 Å². The second-order valence-corrected chi connectivity index (χ2v) is 16.8. The van der Waals surface area contributed by atoms with Crippen LogP contribution in [0.1, 0.15) is 49.9 Å². The number of benzene rings is 9. The van der Waals surface area contributed by atoms with Gasteiger partial charge in [0, 0.05) is 21.6 Å². The van der Waals surface area contributed by atoms with Gasteiger partial charge in [-0.25, -0.2) is 0 Å². The average molecular weight is 703 g/mol. The normalized spacial score (nSPS) is 14.8. The lowest BCUT2D eigenvalue weighted by atomic mass is 9.79. The van der Waals surface area contributed by atoms with E-state index in [2.05, 4.69) is 185 Å². The summed E-state index contributed by atoms with van der Waals surface area (Å²) in [7, 11) is 0. The molecular formula is C54H38O. The van der Waals surface area contributed by atoms with Crippen molar-refractivity contribution in [3.63, 3.8) is 0 Å². The first-order chi connectivity index (χ1) is 26.8. The molecule has 2 aliphatic rings. The first kappa shape index (κ1) is 31.0. The van der Waals surface area contributed by atoms with Gasteiger partial charge in [0.05, 0.1) is 0 Å². The fourth-order valence-electron chi connectivity index (χ4n) is 10.7. The van der Waals surface area contributed by atoms with Gasteiger partial charge in [-0.05, 0) is 123 Å². The number of hydrogen-bond donors (Lipinski definition) is 0. The Hall–Kier alpha value is -6.44. The zero-order valence-corrected chi connectivity index (χ0v) is 31.4. The third kappa shape index (κ3) is 3.98. The summed E-state index contributed by atoms with van der Waals surface area (Å²) in [4.78, 5) is 0. The molecule has 1 nitrogen and oxygen atoms in total. The van der Waals surface area contributed by atoms with Crippen LogP contribution in [0.3, 0.4) is 0 Å². The molecule has 0 unspecified atom stereocenters. The lowest BCUT2D eigenvalue weighted by molar-refractivity contribution is 0.660. The molecule has 12 rings (SSSR count). The molecule has 10 aromatic rings. The van der Waals surface area contributed by atoms with Gasteiger partial charge in [0.25, 0.3) is 0 Å². The van der Waals surface area contributed by atoms with E-state index < -0.39 is 0 Å². The number of para-hydroxylation sites is 1. The summed E-state index contributed by atoms with van der Waals surface area (Å²) in [6, 6.07) is 59.0. The van der Waals surface area contributed by atoms with Gasteiger partial charge in [-0.2, -0.15) is 0 Å². The molecule has 0 bridgehead atoms. The minimum absolute atomic E-state index is 0.0639. The van der Waals surface area contributed by atoms with E-state index in [0.29, 0.717) is 0 Å². The zero-order valence-electron chi connectivity index (χ0n) is 31.4. The fraction of sp³-hybridized carbons (Fsp3) is 0.111. The maximum absolute atomic E-state index is 6.31. The quantitative estimate of drug-likeness (QED) is 0.163. The van der Waals surface area contributed by atoms with Gasteiger partial charge in [-0.15, -0.1) is 0 Å². The van der Waals surface area contributed by atoms with Gasteiger partial charge < -0.3 is 4.42 Å². The number of fused-ring (bicyclic) bond motifs is 14. The van der Waals surface area contributed by atoms with Crippen molar-refractivity contribution in [2.24, 2.45) is 0 Å². The Balaban J connectivity index is 1.08. The molecule has 0 atom stereocenters. The Kier molecular flexibility index (Phi) is 5.98. The summed E-state index contributed by atoms with van der Waals surface area (Å²) in [6.07, 6.45) is 0. The molecule has 0 aliphatic heterocycles. The van der Waals surface area contributed by atoms with Gasteiger partial charge in [-0.1, -0.05) is 161 Å². The Morgan fingerprint density at radius 1 is 0.345 bits per heavy atom. The van der Waals surface area contributed by atoms with Crippen molar-refractivity contribution in [3.8, 4) is 44.5 Å². The molecule has 1 heterocycles. The van der Waals surface area contributed by atoms with E-state index in [9.17, 15) is 0 Å². The largest absolute Gasteiger partial charge is 0.456 e. The Morgan fingerprint density at radius 2 is 0.891 bits per heavy atom. The van der Waals surface area contributed by atoms with Crippen LogP contribution < -0.4 is 0 Å². The Labute approximate surface area is 320 Å². The molecule has 0 N–H and O–H groups in total. The van der Waals surface area contributed by atoms with Crippen LogP contribution in [-0.4, -0.2) is 0 Å². The topological polar surface area (TPSA) is 13.1 Å². The van der Waals surface area contributed by atoms with Crippen LogP contribution >= 0.6 is 0 Å². The molecule has 0 saturated heterocycles. The SMILES string of the molecule is CC1(C)c2ccccc2-c2ccc(-c3c4ccccc4c(-c4ccc5c(c4)-c4ccc6c(ccc7oc8ccccc8c76)c4C5(C)C)c4ccccc34)cc21. The maximum Gasteiger partial charge on any atom is 0.136 e. The molecule has 1 heteroatoms. The standard InChI is InChI=1S/C54H38O/c1-53(2)44-19-11-9-13-33(44)34-23-21-32(30-46(34)53)50-37-16-7-5-14-35(37)49(36-15-6-8-17-38(36)50)31-22-27-45-43(29-31)41-25-24-39-40(52(41)54(45,3)4)26-28-48-51(39)42-18-10-12-20-47(42)55-48/h5-30H,1-4H3. The van der Waals surface area contributed by atoms with Crippen molar-refractivity contribution in [1.29, 1.82) is 0 Å². The van der Waals surface area contributed by atoms with E-state index in [1.54, 1.807) is 0 Å². The van der Waals surface area contributed by atoms with Gasteiger partial charge in [-0.3, -0.25) is 0 Å². The number of rotatable bonds is 2. The molecular weight excluding hydrogens is 665 g/mol. The predicted molar refractivity (Wildman–Crippen MR) is 232 cm³/mol. The molecule has 1 aromatic heterocycles. The van der Waals surface area contributed by atoms with Crippen LogP contribution in [0, 0.1) is 0 Å². The molecule has 55 heavy (non-hydrogen) atoms. The first-order valence-electron chi connectivity index (χ1n) is 19.5. The van der Waals surface area contributed by atoms with E-state index in [1.165, 1.54) is 110 Å². The minimum Gasteiger partial charge on any atom is -0.456 e. The minimum atomic E-state index is -0.162. The number of furan rings is 1. The maximum atomic E-state index is 6.31. The smallest absolute Gasteiger partial charge is 0.136 e. The summed E-state index contributed by atoms with van der Waals surface area (Å²) in [5.74, 6) is 0. The third-order valence-electron chi connectivity index (χ3n) is 13.2. The predicted octanol–water partition coefficient (Wildman–Crippen LogP) is 15.0. The molecule has 9 aromatic carbocycles. The highest BCUT2D eigenvalue weighted by atomic mass is 16.3. The molecule has 0 radical (unpaired) electrons. The lowest BCUT2D eigenvalue weighted by Gasteiger charge is -2.24. The third-order valence-corrected chi connectivity index (χ3v) is 13.2. The van der Waals surface area contributed by atoms with Crippen molar-refractivity contribution in [1.82, 2.24) is 0 Å². The second kappa shape index (κ2) is 10.6. The van der Waals surface area contributed by atoms with Crippen LogP contribution in [0.25, 0.3) is 98.8 Å². The lowest BCUT2D eigenvalue weighted by Crippen LogP contribution is -2.15. The highest BCUT2D eigenvalue weighted by Crippen LogP contribution is 2.55. The van der Waals surface area contributed by atoms with Crippen molar-refractivity contribution in [3.05, 3.63) is 180 Å². The molecule has 0 saturated carbocycles. The highest BCUT2D eigenvalue weighted by Gasteiger charge is 2.38. The van der Waals surface area contributed by atoms with Crippen LogP contribution in [0.4, 0.5) is 0 Å². The van der Waals surface area contributed by atoms with Crippen molar-refractivity contribution in [2.45, 2.75) is 38.5 Å². The van der Waals surface area contributed by atoms with E-state index >= 15 is 0 Å². The number of hydrogen-bond acceptors (Lipinski definition) is 1. The summed E-state index contributed by atoms with van der Waals surface area (Å²) in [5, 5.41) is 10.1. The van der Waals surface area contributed by atoms with Crippen molar-refractivity contribution >= 4 is 54.3 Å².